The summed E-state index contributed by atoms with van der Waals surface area (Å²) in [6.07, 6.45) is 4.57. The van der Waals surface area contributed by atoms with Crippen LogP contribution in [0.15, 0.2) is 14.8 Å². The molecule has 3 heteroatoms. The molecule has 0 atom stereocenters. The number of hydrogen-bond acceptors (Lipinski definition) is 2. The van der Waals surface area contributed by atoms with Gasteiger partial charge in [0.1, 0.15) is 0 Å². The van der Waals surface area contributed by atoms with Crippen molar-refractivity contribution in [3.63, 3.8) is 0 Å². The first-order valence-electron chi connectivity index (χ1n) is 2.15. The summed E-state index contributed by atoms with van der Waals surface area (Å²) in [7, 11) is 0. The summed E-state index contributed by atoms with van der Waals surface area (Å²) in [5, 5.41) is 6.71. The van der Waals surface area contributed by atoms with Gasteiger partial charge >= 0.3 is 0 Å². The van der Waals surface area contributed by atoms with Gasteiger partial charge in [-0.2, -0.15) is 0 Å². The quantitative estimate of drug-likeness (QED) is 0.548. The minimum Gasteiger partial charge on any atom is -0.308 e. The molecule has 0 aromatic heterocycles. The van der Waals surface area contributed by atoms with Crippen LogP contribution in [0.2, 0.25) is 0 Å². The average molecular weight is 222 g/mol. The second kappa shape index (κ2) is 4.96. The molecule has 0 rings (SSSR count). The third-order valence-electron chi connectivity index (χ3n) is 0.485. The van der Waals surface area contributed by atoms with Crippen LogP contribution in [0.4, 0.5) is 0 Å². The van der Waals surface area contributed by atoms with E-state index in [2.05, 4.69) is 4.99 Å². The van der Waals surface area contributed by atoms with Crippen molar-refractivity contribution >= 4 is 35.0 Å². The van der Waals surface area contributed by atoms with Crippen molar-refractivity contribution in [1.82, 2.24) is 0 Å². The lowest BCUT2D eigenvalue weighted by atomic mass is 10.7. The Morgan fingerprint density at radius 2 is 2.38 bits per heavy atom. The highest BCUT2D eigenvalue weighted by atomic mass is 127. The van der Waals surface area contributed by atoms with E-state index in [0.29, 0.717) is 0 Å². The van der Waals surface area contributed by atoms with Crippen LogP contribution < -0.4 is 0 Å². The van der Waals surface area contributed by atoms with Gasteiger partial charge in [0.05, 0.1) is 0 Å². The molecule has 0 aliphatic rings. The summed E-state index contributed by atoms with van der Waals surface area (Å²) in [5.41, 5.74) is 0. The largest absolute Gasteiger partial charge is 0.308 e. The van der Waals surface area contributed by atoms with E-state index < -0.39 is 0 Å². The van der Waals surface area contributed by atoms with Crippen molar-refractivity contribution in [2.75, 3.05) is 0 Å². The van der Waals surface area contributed by atoms with Gasteiger partial charge in [0.2, 0.25) is 0 Å². The van der Waals surface area contributed by atoms with Crippen LogP contribution in [-0.4, -0.2) is 12.4 Å². The van der Waals surface area contributed by atoms with Gasteiger partial charge in [0, 0.05) is 22.2 Å². The molecule has 2 nitrogen and oxygen atoms in total. The molecule has 0 amide bonds. The van der Waals surface area contributed by atoms with Gasteiger partial charge in [-0.3, -0.25) is 4.99 Å². The third-order valence-corrected chi connectivity index (χ3v) is 1.07. The predicted molar refractivity (Wildman–Crippen MR) is 45.1 cm³/mol. The molecule has 0 unspecified atom stereocenters. The van der Waals surface area contributed by atoms with E-state index in [1.54, 1.807) is 12.4 Å². The zero-order valence-electron chi connectivity index (χ0n) is 4.56. The van der Waals surface area contributed by atoms with E-state index in [-0.39, 0.29) is 0 Å². The van der Waals surface area contributed by atoms with E-state index in [9.17, 15) is 0 Å². The lowest BCUT2D eigenvalue weighted by Gasteiger charge is -1.77. The fourth-order valence-electron chi connectivity index (χ4n) is 0.183. The number of aliphatic imine (C=N–C) groups is 1. The van der Waals surface area contributed by atoms with E-state index >= 15 is 0 Å². The molecule has 0 spiro atoms. The zero-order valence-corrected chi connectivity index (χ0v) is 6.71. The van der Waals surface area contributed by atoms with Crippen LogP contribution in [0.3, 0.4) is 0 Å². The van der Waals surface area contributed by atoms with Crippen molar-refractivity contribution < 1.29 is 0 Å². The first-order chi connectivity index (χ1) is 3.81. The Morgan fingerprint density at radius 3 is 2.75 bits per heavy atom. The summed E-state index contributed by atoms with van der Waals surface area (Å²) < 4.78 is 0.834. The predicted octanol–water partition coefficient (Wildman–Crippen LogP) is 2.00. The van der Waals surface area contributed by atoms with E-state index in [1.807, 2.05) is 29.5 Å². The number of nitrogens with one attached hydrogen (secondary N) is 1. The van der Waals surface area contributed by atoms with E-state index in [0.717, 1.165) is 3.58 Å². The molecule has 0 saturated carbocycles. The SMILES string of the molecule is C/C=N\C=C(\I)C=N. The summed E-state index contributed by atoms with van der Waals surface area (Å²) in [4.78, 5) is 3.80. The molecular formula is C5H7IN2. The highest BCUT2D eigenvalue weighted by Crippen LogP contribution is 1.99. The molecule has 0 bridgehead atoms. The molecule has 0 aliphatic carbocycles. The summed E-state index contributed by atoms with van der Waals surface area (Å²) in [5.74, 6) is 0. The summed E-state index contributed by atoms with van der Waals surface area (Å²) in [6.45, 7) is 1.84. The lowest BCUT2D eigenvalue weighted by molar-refractivity contribution is 1.54. The van der Waals surface area contributed by atoms with Crippen molar-refractivity contribution in [3.8, 4) is 0 Å². The van der Waals surface area contributed by atoms with Crippen LogP contribution >= 0.6 is 22.6 Å². The van der Waals surface area contributed by atoms with Gasteiger partial charge < -0.3 is 5.41 Å². The molecule has 44 valence electrons. The molecule has 0 heterocycles. The molecule has 0 aromatic carbocycles. The average Bonchev–Trinajstić information content (AvgIpc) is 1.83. The van der Waals surface area contributed by atoms with Crippen molar-refractivity contribution in [1.29, 1.82) is 5.41 Å². The lowest BCUT2D eigenvalue weighted by Crippen LogP contribution is -1.66. The molecule has 8 heavy (non-hydrogen) atoms. The highest BCUT2D eigenvalue weighted by molar-refractivity contribution is 14.1. The second-order valence-corrected chi connectivity index (χ2v) is 2.31. The van der Waals surface area contributed by atoms with Gasteiger partial charge in [-0.1, -0.05) is 0 Å². The van der Waals surface area contributed by atoms with Crippen LogP contribution in [-0.2, 0) is 0 Å². The van der Waals surface area contributed by atoms with Crippen molar-refractivity contribution in [3.05, 3.63) is 9.78 Å². The highest BCUT2D eigenvalue weighted by Gasteiger charge is 1.75. The Hall–Kier alpha value is -0.190. The molecule has 0 saturated heterocycles. The van der Waals surface area contributed by atoms with E-state index in [4.69, 9.17) is 5.41 Å². The fraction of sp³-hybridized carbons (Fsp3) is 0.200. The molecule has 0 aromatic rings. The van der Waals surface area contributed by atoms with Gasteiger partial charge in [-0.05, 0) is 29.5 Å². The number of hydrogen-bond donors (Lipinski definition) is 1. The maximum atomic E-state index is 6.71. The van der Waals surface area contributed by atoms with Crippen LogP contribution in [0.5, 0.6) is 0 Å². The minimum absolute atomic E-state index is 0.834. The third kappa shape index (κ3) is 3.98. The first-order valence-corrected chi connectivity index (χ1v) is 3.23. The van der Waals surface area contributed by atoms with Crippen LogP contribution in [0, 0.1) is 5.41 Å². The van der Waals surface area contributed by atoms with Gasteiger partial charge in [-0.25, -0.2) is 0 Å². The first kappa shape index (κ1) is 7.81. The second-order valence-electron chi connectivity index (χ2n) is 1.07. The van der Waals surface area contributed by atoms with E-state index in [1.165, 1.54) is 6.21 Å². The standard InChI is InChI=1S/C5H7IN2/c1-2-8-4-5(6)3-7/h2-4,7H,1H3/b5-4+,7-3?,8-2-. The zero-order chi connectivity index (χ0) is 6.41. The molecule has 1 N–H and O–H groups in total. The fourth-order valence-corrected chi connectivity index (χ4v) is 0.344. The van der Waals surface area contributed by atoms with Gasteiger partial charge in [-0.15, -0.1) is 0 Å². The summed E-state index contributed by atoms with van der Waals surface area (Å²) >= 11 is 2.03. The molecule has 0 radical (unpaired) electrons. The van der Waals surface area contributed by atoms with Crippen LogP contribution in [0.25, 0.3) is 0 Å². The van der Waals surface area contributed by atoms with Crippen molar-refractivity contribution in [2.24, 2.45) is 4.99 Å². The van der Waals surface area contributed by atoms with Crippen molar-refractivity contribution in [2.45, 2.75) is 6.92 Å². The Labute approximate surface area is 62.4 Å². The summed E-state index contributed by atoms with van der Waals surface area (Å²) in [6, 6.07) is 0. The molecule has 0 fully saturated rings. The molecular weight excluding hydrogens is 215 g/mol. The normalized spacial score (nSPS) is 12.5. The van der Waals surface area contributed by atoms with Crippen LogP contribution in [0.1, 0.15) is 6.92 Å². The number of halogens is 1. The minimum atomic E-state index is 0.834. The Kier molecular flexibility index (Phi) is 4.84. The Bertz CT molecular complexity index is 126. The number of rotatable bonds is 2. The monoisotopic (exact) mass is 222 g/mol. The maximum absolute atomic E-state index is 6.71. The maximum Gasteiger partial charge on any atom is 0.0488 e. The Morgan fingerprint density at radius 1 is 1.75 bits per heavy atom. The number of allylic oxidation sites excluding steroid dienone is 1. The topological polar surface area (TPSA) is 36.2 Å². The van der Waals surface area contributed by atoms with Gasteiger partial charge in [0.25, 0.3) is 0 Å². The Balaban J connectivity index is 3.74. The number of nitrogens with zero attached hydrogens (tertiary/aromatic N) is 1. The smallest absolute Gasteiger partial charge is 0.0488 e. The van der Waals surface area contributed by atoms with Gasteiger partial charge in [0.15, 0.2) is 0 Å². The molecule has 0 aliphatic heterocycles.